The van der Waals surface area contributed by atoms with Gasteiger partial charge in [-0.15, -0.1) is 0 Å². The number of benzene rings is 1. The van der Waals surface area contributed by atoms with Gasteiger partial charge in [0.1, 0.15) is 0 Å². The lowest BCUT2D eigenvalue weighted by molar-refractivity contribution is 0.0937. The monoisotopic (exact) mass is 352 g/mol. The summed E-state index contributed by atoms with van der Waals surface area (Å²) in [5.41, 5.74) is 3.61. The fourth-order valence-electron chi connectivity index (χ4n) is 3.48. The molecule has 0 spiro atoms. The lowest BCUT2D eigenvalue weighted by Crippen LogP contribution is -2.32. The van der Waals surface area contributed by atoms with E-state index >= 15 is 0 Å². The van der Waals surface area contributed by atoms with Gasteiger partial charge in [0.2, 0.25) is 0 Å². The fraction of sp³-hybridized carbons (Fsp3) is 0.429. The highest BCUT2D eigenvalue weighted by molar-refractivity contribution is 5.95. The molecule has 138 valence electrons. The van der Waals surface area contributed by atoms with Crippen molar-refractivity contribution in [1.82, 2.24) is 10.3 Å². The number of nitrogens with zero attached hydrogens (tertiary/aromatic N) is 2. The molecule has 0 saturated heterocycles. The topological polar surface area (TPSA) is 57.3 Å². The van der Waals surface area contributed by atoms with Crippen LogP contribution in [0.25, 0.3) is 0 Å². The van der Waals surface area contributed by atoms with Crippen LogP contribution in [0.15, 0.2) is 42.7 Å². The molecule has 0 atom stereocenters. The SMILES string of the molecule is CCN(CC)c1ccc(Nc2cncc(C(=O)NC3CCCC3)c2)cc1. The summed E-state index contributed by atoms with van der Waals surface area (Å²) in [6.07, 6.45) is 7.93. The molecule has 3 rings (SSSR count). The normalized spacial score (nSPS) is 14.2. The first-order valence-corrected chi connectivity index (χ1v) is 9.57. The molecule has 0 bridgehead atoms. The second-order valence-electron chi connectivity index (χ2n) is 6.76. The summed E-state index contributed by atoms with van der Waals surface area (Å²) in [7, 11) is 0. The molecule has 26 heavy (non-hydrogen) atoms. The van der Waals surface area contributed by atoms with Gasteiger partial charge in [-0.3, -0.25) is 9.78 Å². The van der Waals surface area contributed by atoms with Gasteiger partial charge in [-0.1, -0.05) is 12.8 Å². The zero-order chi connectivity index (χ0) is 18.4. The lowest BCUT2D eigenvalue weighted by Gasteiger charge is -2.21. The molecule has 5 nitrogen and oxygen atoms in total. The number of pyridine rings is 1. The number of aromatic nitrogens is 1. The molecule has 1 aliphatic rings. The van der Waals surface area contributed by atoms with E-state index in [4.69, 9.17) is 0 Å². The molecule has 1 aliphatic carbocycles. The van der Waals surface area contributed by atoms with E-state index in [0.717, 1.165) is 37.3 Å². The first-order chi connectivity index (χ1) is 12.7. The Bertz CT molecular complexity index is 719. The van der Waals surface area contributed by atoms with E-state index in [-0.39, 0.29) is 5.91 Å². The summed E-state index contributed by atoms with van der Waals surface area (Å²) in [5, 5.41) is 6.44. The van der Waals surface area contributed by atoms with Crippen LogP contribution in [-0.4, -0.2) is 30.0 Å². The minimum Gasteiger partial charge on any atom is -0.372 e. The Morgan fingerprint density at radius 1 is 1.08 bits per heavy atom. The number of carbonyl (C=O) groups is 1. The van der Waals surface area contributed by atoms with Crippen LogP contribution in [0.4, 0.5) is 17.1 Å². The van der Waals surface area contributed by atoms with Crippen molar-refractivity contribution >= 4 is 23.0 Å². The van der Waals surface area contributed by atoms with Crippen molar-refractivity contribution in [2.45, 2.75) is 45.6 Å². The number of carbonyl (C=O) groups excluding carboxylic acids is 1. The number of nitrogens with one attached hydrogen (secondary N) is 2. The number of anilines is 3. The molecule has 2 aromatic rings. The van der Waals surface area contributed by atoms with Crippen LogP contribution in [0.3, 0.4) is 0 Å². The van der Waals surface area contributed by atoms with Crippen molar-refractivity contribution in [2.24, 2.45) is 0 Å². The Morgan fingerprint density at radius 2 is 1.77 bits per heavy atom. The first-order valence-electron chi connectivity index (χ1n) is 9.57. The van der Waals surface area contributed by atoms with Gasteiger partial charge >= 0.3 is 0 Å². The quantitative estimate of drug-likeness (QED) is 0.778. The zero-order valence-corrected chi connectivity index (χ0v) is 15.7. The highest BCUT2D eigenvalue weighted by atomic mass is 16.1. The maximum Gasteiger partial charge on any atom is 0.253 e. The number of hydrogen-bond donors (Lipinski definition) is 2. The second-order valence-corrected chi connectivity index (χ2v) is 6.76. The second kappa shape index (κ2) is 8.70. The molecule has 1 heterocycles. The number of amides is 1. The van der Waals surface area contributed by atoms with E-state index in [1.807, 2.05) is 6.07 Å². The van der Waals surface area contributed by atoms with Crippen molar-refractivity contribution in [2.75, 3.05) is 23.3 Å². The van der Waals surface area contributed by atoms with Crippen molar-refractivity contribution < 1.29 is 4.79 Å². The van der Waals surface area contributed by atoms with E-state index in [0.29, 0.717) is 11.6 Å². The molecule has 0 unspecified atom stereocenters. The van der Waals surface area contributed by atoms with Crippen molar-refractivity contribution in [1.29, 1.82) is 0 Å². The van der Waals surface area contributed by atoms with Crippen LogP contribution >= 0.6 is 0 Å². The lowest BCUT2D eigenvalue weighted by atomic mass is 10.2. The van der Waals surface area contributed by atoms with Gasteiger partial charge in [0.05, 0.1) is 17.4 Å². The molecule has 1 saturated carbocycles. The summed E-state index contributed by atoms with van der Waals surface area (Å²) in [5.74, 6) is -0.0371. The average molecular weight is 352 g/mol. The summed E-state index contributed by atoms with van der Waals surface area (Å²) in [6, 6.07) is 10.5. The zero-order valence-electron chi connectivity index (χ0n) is 15.7. The smallest absolute Gasteiger partial charge is 0.253 e. The van der Waals surface area contributed by atoms with Crippen molar-refractivity contribution in [3.8, 4) is 0 Å². The Hall–Kier alpha value is -2.56. The maximum absolute atomic E-state index is 12.4. The van der Waals surface area contributed by atoms with Crippen LogP contribution in [0.1, 0.15) is 49.9 Å². The Morgan fingerprint density at radius 3 is 2.42 bits per heavy atom. The number of hydrogen-bond acceptors (Lipinski definition) is 4. The molecule has 5 heteroatoms. The fourth-order valence-corrected chi connectivity index (χ4v) is 3.48. The van der Waals surface area contributed by atoms with Crippen molar-refractivity contribution in [3.63, 3.8) is 0 Å². The predicted molar refractivity (Wildman–Crippen MR) is 107 cm³/mol. The van der Waals surface area contributed by atoms with E-state index in [9.17, 15) is 4.79 Å². The van der Waals surface area contributed by atoms with E-state index < -0.39 is 0 Å². The molecule has 1 amide bonds. The third kappa shape index (κ3) is 4.54. The summed E-state index contributed by atoms with van der Waals surface area (Å²) in [6.45, 7) is 6.30. The molecular formula is C21H28N4O. The largest absolute Gasteiger partial charge is 0.372 e. The summed E-state index contributed by atoms with van der Waals surface area (Å²) >= 11 is 0. The van der Waals surface area contributed by atoms with Crippen LogP contribution in [-0.2, 0) is 0 Å². The molecule has 2 N–H and O–H groups in total. The Labute approximate surface area is 155 Å². The minimum absolute atomic E-state index is 0.0371. The molecule has 1 aromatic carbocycles. The van der Waals surface area contributed by atoms with Gasteiger partial charge in [-0.2, -0.15) is 0 Å². The van der Waals surface area contributed by atoms with Gasteiger partial charge in [0, 0.05) is 36.7 Å². The van der Waals surface area contributed by atoms with E-state index in [1.54, 1.807) is 12.4 Å². The van der Waals surface area contributed by atoms with Gasteiger partial charge in [0.25, 0.3) is 5.91 Å². The van der Waals surface area contributed by atoms with Crippen molar-refractivity contribution in [3.05, 3.63) is 48.3 Å². The molecular weight excluding hydrogens is 324 g/mol. The van der Waals surface area contributed by atoms with Gasteiger partial charge < -0.3 is 15.5 Å². The van der Waals surface area contributed by atoms with Gasteiger partial charge in [-0.05, 0) is 57.0 Å². The van der Waals surface area contributed by atoms with E-state index in [2.05, 4.69) is 58.6 Å². The van der Waals surface area contributed by atoms with Crippen LogP contribution in [0, 0.1) is 0 Å². The van der Waals surface area contributed by atoms with E-state index in [1.165, 1.54) is 18.5 Å². The molecule has 0 radical (unpaired) electrons. The molecule has 0 aliphatic heterocycles. The van der Waals surface area contributed by atoms with Gasteiger partial charge in [0.15, 0.2) is 0 Å². The predicted octanol–water partition coefficient (Wildman–Crippen LogP) is 4.34. The third-order valence-electron chi connectivity index (χ3n) is 4.98. The Kier molecular flexibility index (Phi) is 6.10. The van der Waals surface area contributed by atoms with Crippen LogP contribution in [0.5, 0.6) is 0 Å². The standard InChI is InChI=1S/C21H28N4O/c1-3-25(4-2)20-11-9-18(10-12-20)23-19-13-16(14-22-15-19)21(26)24-17-7-5-6-8-17/h9-15,17,23H,3-8H2,1-2H3,(H,24,26). The maximum atomic E-state index is 12.4. The number of rotatable bonds is 7. The third-order valence-corrected chi connectivity index (χ3v) is 4.98. The molecule has 1 aromatic heterocycles. The van der Waals surface area contributed by atoms with Crippen LogP contribution in [0.2, 0.25) is 0 Å². The highest BCUT2D eigenvalue weighted by Gasteiger charge is 2.18. The average Bonchev–Trinajstić information content (AvgIpc) is 3.17. The first kappa shape index (κ1) is 18.2. The summed E-state index contributed by atoms with van der Waals surface area (Å²) < 4.78 is 0. The Balaban J connectivity index is 1.65. The van der Waals surface area contributed by atoms with Crippen LogP contribution < -0.4 is 15.5 Å². The van der Waals surface area contributed by atoms with Gasteiger partial charge in [-0.25, -0.2) is 0 Å². The highest BCUT2D eigenvalue weighted by Crippen LogP contribution is 2.22. The minimum atomic E-state index is -0.0371. The summed E-state index contributed by atoms with van der Waals surface area (Å²) in [4.78, 5) is 18.9. The molecule has 1 fully saturated rings.